The number of hydrogen-bond donors (Lipinski definition) is 0. The number of ether oxygens (including phenoxy) is 6. The summed E-state index contributed by atoms with van der Waals surface area (Å²) in [6.45, 7) is -1.22. The van der Waals surface area contributed by atoms with E-state index in [9.17, 15) is 28.8 Å². The molecule has 1 atom stereocenters. The molecule has 0 saturated heterocycles. The first-order valence-corrected chi connectivity index (χ1v) is 8.06. The molecule has 0 heterocycles. The zero-order valence-electron chi connectivity index (χ0n) is 16.3. The number of nitrogens with zero attached hydrogens (tertiary/aromatic N) is 1. The van der Waals surface area contributed by atoms with Gasteiger partial charge in [-0.3, -0.25) is 0 Å². The third-order valence-electron chi connectivity index (χ3n) is 2.72. The minimum Gasteiger partial charge on any atom is -0.466 e. The van der Waals surface area contributed by atoms with E-state index >= 15 is 0 Å². The van der Waals surface area contributed by atoms with Crippen molar-refractivity contribution >= 4 is 35.8 Å². The summed E-state index contributed by atoms with van der Waals surface area (Å²) in [4.78, 5) is 67.7. The number of methoxy groups -OCH3 is 2. The molecule has 31 heavy (non-hydrogen) atoms. The highest BCUT2D eigenvalue weighted by Crippen LogP contribution is 2.00. The van der Waals surface area contributed by atoms with Gasteiger partial charge in [0.1, 0.15) is 13.2 Å². The van der Waals surface area contributed by atoms with Crippen molar-refractivity contribution in [3.63, 3.8) is 0 Å². The number of nitriles is 1. The highest BCUT2D eigenvalue weighted by atomic mass is 16.6. The lowest BCUT2D eigenvalue weighted by Crippen LogP contribution is -2.30. The molecule has 0 aromatic heterocycles. The fourth-order valence-corrected chi connectivity index (χ4v) is 1.39. The summed E-state index contributed by atoms with van der Waals surface area (Å²) in [5.74, 6) is -5.90. The minimum atomic E-state index is -1.33. The van der Waals surface area contributed by atoms with E-state index in [1.54, 1.807) is 0 Å². The first-order chi connectivity index (χ1) is 14.7. The van der Waals surface area contributed by atoms with Gasteiger partial charge in [0, 0.05) is 36.5 Å². The van der Waals surface area contributed by atoms with Crippen LogP contribution in [0.15, 0.2) is 36.5 Å². The fourth-order valence-electron chi connectivity index (χ4n) is 1.39. The van der Waals surface area contributed by atoms with Crippen LogP contribution in [-0.2, 0) is 57.2 Å². The standard InChI is InChI=1S/C18H17NO12/c1-26-13(20)3-5-15(22)28-9-12(31-18(25)8-4-14(21)27-2)10-29-16(23)6-7-17(24)30-11-19/h3-8,12H,9-10H2,1-2H3/b5-3+,7-6+,8-4+. The molecule has 0 rings (SSSR count). The molecule has 0 aliphatic carbocycles. The van der Waals surface area contributed by atoms with Crippen molar-refractivity contribution in [1.29, 1.82) is 5.26 Å². The Morgan fingerprint density at radius 3 is 1.48 bits per heavy atom. The van der Waals surface area contributed by atoms with Crippen molar-refractivity contribution < 1.29 is 57.2 Å². The lowest BCUT2D eigenvalue weighted by molar-refractivity contribution is -0.160. The molecule has 0 aliphatic heterocycles. The maximum absolute atomic E-state index is 11.7. The molecule has 13 heteroatoms. The van der Waals surface area contributed by atoms with Gasteiger partial charge in [-0.05, 0) is 0 Å². The number of esters is 6. The Morgan fingerprint density at radius 2 is 1.06 bits per heavy atom. The van der Waals surface area contributed by atoms with Gasteiger partial charge >= 0.3 is 35.8 Å². The first-order valence-electron chi connectivity index (χ1n) is 8.06. The van der Waals surface area contributed by atoms with Crippen LogP contribution in [0, 0.1) is 11.5 Å². The van der Waals surface area contributed by atoms with Crippen LogP contribution < -0.4 is 0 Å². The minimum absolute atomic E-state index is 0.602. The second kappa shape index (κ2) is 15.5. The maximum atomic E-state index is 11.7. The summed E-state index contributed by atoms with van der Waals surface area (Å²) in [7, 11) is 2.18. The molecule has 0 fully saturated rings. The number of carbonyl (C=O) groups excluding carboxylic acids is 6. The predicted molar refractivity (Wildman–Crippen MR) is 95.0 cm³/mol. The zero-order valence-corrected chi connectivity index (χ0v) is 16.3. The van der Waals surface area contributed by atoms with E-state index in [1.165, 1.54) is 0 Å². The Bertz CT molecular complexity index is 818. The van der Waals surface area contributed by atoms with Gasteiger partial charge in [0.15, 0.2) is 6.10 Å². The van der Waals surface area contributed by atoms with Crippen LogP contribution in [0.5, 0.6) is 0 Å². The van der Waals surface area contributed by atoms with Gasteiger partial charge in [-0.15, -0.1) is 5.26 Å². The Morgan fingerprint density at radius 1 is 0.677 bits per heavy atom. The summed E-state index contributed by atoms with van der Waals surface area (Å²) in [5, 5.41) is 8.14. The Hall–Kier alpha value is -4.47. The molecule has 0 bridgehead atoms. The quantitative estimate of drug-likeness (QED) is 0.166. The number of hydrogen-bond acceptors (Lipinski definition) is 13. The third-order valence-corrected chi connectivity index (χ3v) is 2.72. The highest BCUT2D eigenvalue weighted by molar-refractivity contribution is 5.93. The molecule has 0 aromatic carbocycles. The third kappa shape index (κ3) is 14.2. The van der Waals surface area contributed by atoms with Gasteiger partial charge in [-0.25, -0.2) is 28.8 Å². The van der Waals surface area contributed by atoms with Gasteiger partial charge in [0.25, 0.3) is 6.26 Å². The summed E-state index contributed by atoms with van der Waals surface area (Å²) < 4.78 is 26.9. The predicted octanol–water partition coefficient (Wildman–Crippen LogP) is -0.977. The molecule has 0 aliphatic rings. The van der Waals surface area contributed by atoms with Crippen LogP contribution in [0.2, 0.25) is 0 Å². The van der Waals surface area contributed by atoms with Crippen molar-refractivity contribution in [2.24, 2.45) is 0 Å². The van der Waals surface area contributed by atoms with Crippen LogP contribution in [0.1, 0.15) is 0 Å². The van der Waals surface area contributed by atoms with Crippen LogP contribution in [-0.4, -0.2) is 69.4 Å². The second-order valence-electron chi connectivity index (χ2n) is 4.88. The van der Waals surface area contributed by atoms with Crippen LogP contribution in [0.4, 0.5) is 0 Å². The highest BCUT2D eigenvalue weighted by Gasteiger charge is 2.18. The molecule has 0 radical (unpaired) electrons. The van der Waals surface area contributed by atoms with Crippen molar-refractivity contribution in [3.8, 4) is 6.26 Å². The van der Waals surface area contributed by atoms with Gasteiger partial charge in [-0.2, -0.15) is 0 Å². The van der Waals surface area contributed by atoms with E-state index in [2.05, 4.69) is 14.2 Å². The zero-order chi connectivity index (χ0) is 23.6. The lowest BCUT2D eigenvalue weighted by Gasteiger charge is -2.16. The second-order valence-corrected chi connectivity index (χ2v) is 4.88. The van der Waals surface area contributed by atoms with Gasteiger partial charge < -0.3 is 28.4 Å². The lowest BCUT2D eigenvalue weighted by atomic mass is 10.4. The number of carbonyl (C=O) groups is 6. The van der Waals surface area contributed by atoms with E-state index < -0.39 is 55.1 Å². The first kappa shape index (κ1) is 26.5. The Labute approximate surface area is 175 Å². The summed E-state index contributed by atoms with van der Waals surface area (Å²) in [5.41, 5.74) is 0. The summed E-state index contributed by atoms with van der Waals surface area (Å²) >= 11 is 0. The summed E-state index contributed by atoms with van der Waals surface area (Å²) in [6.07, 6.45) is 4.05. The van der Waals surface area contributed by atoms with E-state index in [1.807, 2.05) is 0 Å². The molecule has 0 spiro atoms. The van der Waals surface area contributed by atoms with Crippen LogP contribution >= 0.6 is 0 Å². The van der Waals surface area contributed by atoms with Gasteiger partial charge in [-0.1, -0.05) is 0 Å². The molecule has 0 saturated carbocycles. The molecular formula is C18H17NO12. The monoisotopic (exact) mass is 439 g/mol. The molecule has 1 unspecified atom stereocenters. The molecule has 0 N–H and O–H groups in total. The molecule has 166 valence electrons. The molecule has 13 nitrogen and oxygen atoms in total. The number of rotatable bonds is 11. The topological polar surface area (TPSA) is 182 Å². The summed E-state index contributed by atoms with van der Waals surface area (Å²) in [6, 6.07) is 0. The molecule has 0 aromatic rings. The van der Waals surface area contributed by atoms with Gasteiger partial charge in [0.05, 0.1) is 14.2 Å². The van der Waals surface area contributed by atoms with Gasteiger partial charge in [0.2, 0.25) is 0 Å². The van der Waals surface area contributed by atoms with Crippen molar-refractivity contribution in [2.45, 2.75) is 6.10 Å². The largest absolute Gasteiger partial charge is 0.466 e. The fraction of sp³-hybridized carbons (Fsp3) is 0.278. The van der Waals surface area contributed by atoms with E-state index in [4.69, 9.17) is 19.5 Å². The molecule has 0 amide bonds. The average Bonchev–Trinajstić information content (AvgIpc) is 2.76. The maximum Gasteiger partial charge on any atom is 0.346 e. The van der Waals surface area contributed by atoms with Crippen molar-refractivity contribution in [3.05, 3.63) is 36.5 Å². The van der Waals surface area contributed by atoms with E-state index in [-0.39, 0.29) is 0 Å². The molecular weight excluding hydrogens is 422 g/mol. The van der Waals surface area contributed by atoms with Crippen molar-refractivity contribution in [1.82, 2.24) is 0 Å². The van der Waals surface area contributed by atoms with Crippen LogP contribution in [0.25, 0.3) is 0 Å². The SMILES string of the molecule is COC(=O)/C=C/C(=O)OCC(COC(=O)/C=C/C(=O)OC#N)OC(=O)/C=C/C(=O)OC. The van der Waals surface area contributed by atoms with E-state index in [0.29, 0.717) is 12.2 Å². The van der Waals surface area contributed by atoms with E-state index in [0.717, 1.165) is 44.8 Å². The Kier molecular flexibility index (Phi) is 13.2. The van der Waals surface area contributed by atoms with Crippen LogP contribution in [0.3, 0.4) is 0 Å². The van der Waals surface area contributed by atoms with Crippen molar-refractivity contribution in [2.75, 3.05) is 27.4 Å². The average molecular weight is 439 g/mol. The smallest absolute Gasteiger partial charge is 0.346 e. The Balaban J connectivity index is 4.95. The normalized spacial score (nSPS) is 11.4.